The van der Waals surface area contributed by atoms with E-state index >= 15 is 0 Å². The zero-order valence-corrected chi connectivity index (χ0v) is 8.96. The zero-order valence-electron chi connectivity index (χ0n) is 6.62. The predicted molar refractivity (Wildman–Crippen MR) is 53.7 cm³/mol. The molecule has 0 radical (unpaired) electrons. The van der Waals surface area contributed by atoms with Crippen molar-refractivity contribution in [2.24, 2.45) is 0 Å². The van der Waals surface area contributed by atoms with Crippen molar-refractivity contribution in [3.05, 3.63) is 27.4 Å². The summed E-state index contributed by atoms with van der Waals surface area (Å²) in [5.41, 5.74) is 0.426. The van der Waals surface area contributed by atoms with Gasteiger partial charge in [0.2, 0.25) is 0 Å². The molecule has 1 N–H and O–H groups in total. The maximum Gasteiger partial charge on any atom is 0.375 e. The normalized spacial score (nSPS) is 10.7. The molecule has 0 unspecified atom stereocenters. The van der Waals surface area contributed by atoms with Gasteiger partial charge in [-0.15, -0.1) is 0 Å². The Hall–Kier alpha value is -1.07. The number of rotatable bonds is 1. The van der Waals surface area contributed by atoms with Gasteiger partial charge in [0.25, 0.3) is 5.76 Å². The Bertz CT molecular complexity index is 523. The number of aromatic nitrogens is 1. The first-order valence-electron chi connectivity index (χ1n) is 3.57. The lowest BCUT2D eigenvalue weighted by Gasteiger charge is -1.94. The third-order valence-corrected chi connectivity index (χ3v) is 2.91. The number of aromatic carboxylic acids is 1. The van der Waals surface area contributed by atoms with Crippen LogP contribution in [0.1, 0.15) is 10.6 Å². The van der Waals surface area contributed by atoms with Gasteiger partial charge in [0, 0.05) is 4.47 Å². The van der Waals surface area contributed by atoms with Crippen LogP contribution in [0, 0.1) is 0 Å². The van der Waals surface area contributed by atoms with Crippen LogP contribution < -0.4 is 0 Å². The van der Waals surface area contributed by atoms with Gasteiger partial charge >= 0.3 is 5.97 Å². The molecule has 72 valence electrons. The fourth-order valence-corrected chi connectivity index (χ4v) is 1.59. The molecule has 0 fully saturated rings. The van der Waals surface area contributed by atoms with Gasteiger partial charge in [0.15, 0.2) is 0 Å². The van der Waals surface area contributed by atoms with Crippen molar-refractivity contribution in [1.82, 2.24) is 5.16 Å². The van der Waals surface area contributed by atoms with Crippen LogP contribution in [0.25, 0.3) is 10.9 Å². The monoisotopic (exact) mass is 275 g/mol. The van der Waals surface area contributed by atoms with Crippen molar-refractivity contribution in [2.45, 2.75) is 0 Å². The molecule has 6 heteroatoms. The molecular formula is C8H3BrClNO3. The highest BCUT2D eigenvalue weighted by Gasteiger charge is 2.16. The number of benzene rings is 1. The van der Waals surface area contributed by atoms with E-state index in [4.69, 9.17) is 16.7 Å². The van der Waals surface area contributed by atoms with E-state index in [1.54, 1.807) is 6.07 Å². The summed E-state index contributed by atoms with van der Waals surface area (Å²) < 4.78 is 5.27. The van der Waals surface area contributed by atoms with E-state index in [0.717, 1.165) is 0 Å². The van der Waals surface area contributed by atoms with Crippen LogP contribution in [-0.2, 0) is 0 Å². The van der Waals surface area contributed by atoms with Crippen LogP contribution >= 0.6 is 27.5 Å². The summed E-state index contributed by atoms with van der Waals surface area (Å²) in [6.45, 7) is 0. The lowest BCUT2D eigenvalue weighted by atomic mass is 10.2. The summed E-state index contributed by atoms with van der Waals surface area (Å²) >= 11 is 8.99. The lowest BCUT2D eigenvalue weighted by Crippen LogP contribution is -1.93. The number of fused-ring (bicyclic) bond motifs is 1. The van der Waals surface area contributed by atoms with Crippen molar-refractivity contribution < 1.29 is 14.4 Å². The molecular weight excluding hydrogens is 273 g/mol. The molecule has 0 aliphatic rings. The van der Waals surface area contributed by atoms with E-state index in [0.29, 0.717) is 20.4 Å². The molecule has 0 amide bonds. The Kier molecular flexibility index (Phi) is 2.20. The highest BCUT2D eigenvalue weighted by atomic mass is 79.9. The maximum atomic E-state index is 10.7. The molecule has 2 aromatic rings. The van der Waals surface area contributed by atoms with Crippen LogP contribution in [0.5, 0.6) is 0 Å². The molecule has 0 aliphatic carbocycles. The average Bonchev–Trinajstić information content (AvgIpc) is 2.48. The number of nitrogens with zero attached hydrogens (tertiary/aromatic N) is 1. The Labute approximate surface area is 91.6 Å². The van der Waals surface area contributed by atoms with Gasteiger partial charge in [-0.2, -0.15) is 0 Å². The van der Waals surface area contributed by atoms with Crippen molar-refractivity contribution in [3.8, 4) is 0 Å². The number of carboxylic acid groups (broad SMARTS) is 1. The Morgan fingerprint density at radius 2 is 2.29 bits per heavy atom. The first-order chi connectivity index (χ1) is 6.59. The molecule has 0 saturated carbocycles. The second kappa shape index (κ2) is 3.25. The van der Waals surface area contributed by atoms with Gasteiger partial charge < -0.3 is 9.63 Å². The summed E-state index contributed by atoms with van der Waals surface area (Å²) in [5.74, 6) is -1.33. The van der Waals surface area contributed by atoms with E-state index < -0.39 is 5.97 Å². The van der Waals surface area contributed by atoms with Gasteiger partial charge in [0.05, 0.1) is 10.4 Å². The van der Waals surface area contributed by atoms with Crippen LogP contribution in [-0.4, -0.2) is 16.2 Å². The largest absolute Gasteiger partial charge is 0.475 e. The number of carbonyl (C=O) groups is 1. The Balaban J connectivity index is 2.80. The molecule has 0 atom stereocenters. The third kappa shape index (κ3) is 1.38. The molecule has 1 aromatic carbocycles. The molecule has 2 rings (SSSR count). The lowest BCUT2D eigenvalue weighted by molar-refractivity contribution is 0.0655. The average molecular weight is 276 g/mol. The zero-order chi connectivity index (χ0) is 10.3. The molecule has 0 spiro atoms. The molecule has 0 aliphatic heterocycles. The van der Waals surface area contributed by atoms with Crippen LogP contribution in [0.4, 0.5) is 0 Å². The standard InChI is InChI=1S/C8H3BrClNO3/c9-4-1-3-6(2-5(4)10)11-14-7(3)8(12)13/h1-2H,(H,12,13). The molecule has 1 aromatic heterocycles. The summed E-state index contributed by atoms with van der Waals surface area (Å²) in [6, 6.07) is 3.11. The Morgan fingerprint density at radius 1 is 1.57 bits per heavy atom. The van der Waals surface area contributed by atoms with Gasteiger partial charge in [-0.3, -0.25) is 0 Å². The summed E-state index contributed by atoms with van der Waals surface area (Å²) in [5, 5.41) is 13.2. The first kappa shape index (κ1) is 9.48. The minimum absolute atomic E-state index is 0.183. The van der Waals surface area contributed by atoms with Crippen LogP contribution in [0.2, 0.25) is 5.02 Å². The predicted octanol–water partition coefficient (Wildman–Crippen LogP) is 2.94. The van der Waals surface area contributed by atoms with Crippen LogP contribution in [0.15, 0.2) is 21.1 Å². The Morgan fingerprint density at radius 3 is 2.93 bits per heavy atom. The topological polar surface area (TPSA) is 63.3 Å². The van der Waals surface area contributed by atoms with E-state index in [9.17, 15) is 4.79 Å². The van der Waals surface area contributed by atoms with Crippen molar-refractivity contribution in [1.29, 1.82) is 0 Å². The van der Waals surface area contributed by atoms with E-state index in [1.165, 1.54) is 6.07 Å². The maximum absolute atomic E-state index is 10.7. The molecule has 0 saturated heterocycles. The highest BCUT2D eigenvalue weighted by Crippen LogP contribution is 2.29. The smallest absolute Gasteiger partial charge is 0.375 e. The van der Waals surface area contributed by atoms with Crippen LogP contribution in [0.3, 0.4) is 0 Å². The minimum Gasteiger partial charge on any atom is -0.475 e. The molecule has 0 bridgehead atoms. The van der Waals surface area contributed by atoms with Crippen molar-refractivity contribution in [3.63, 3.8) is 0 Å². The fourth-order valence-electron chi connectivity index (χ4n) is 1.09. The summed E-state index contributed by atoms with van der Waals surface area (Å²) in [6.07, 6.45) is 0. The summed E-state index contributed by atoms with van der Waals surface area (Å²) in [7, 11) is 0. The van der Waals surface area contributed by atoms with E-state index in [1.807, 2.05) is 0 Å². The number of halogens is 2. The quantitative estimate of drug-likeness (QED) is 0.870. The fraction of sp³-hybridized carbons (Fsp3) is 0. The van der Waals surface area contributed by atoms with Gasteiger partial charge in [0.1, 0.15) is 5.52 Å². The molecule has 1 heterocycles. The minimum atomic E-state index is -1.15. The molecule has 4 nitrogen and oxygen atoms in total. The second-order valence-electron chi connectivity index (χ2n) is 2.60. The van der Waals surface area contributed by atoms with E-state index in [2.05, 4.69) is 25.6 Å². The number of hydrogen-bond acceptors (Lipinski definition) is 3. The first-order valence-corrected chi connectivity index (χ1v) is 4.74. The van der Waals surface area contributed by atoms with E-state index in [-0.39, 0.29) is 5.76 Å². The SMILES string of the molecule is O=C(O)c1onc2cc(Cl)c(Br)cc12. The summed E-state index contributed by atoms with van der Waals surface area (Å²) in [4.78, 5) is 10.7. The van der Waals surface area contributed by atoms with Gasteiger partial charge in [-0.25, -0.2) is 4.79 Å². The number of hydrogen-bond donors (Lipinski definition) is 1. The van der Waals surface area contributed by atoms with Gasteiger partial charge in [-0.1, -0.05) is 16.8 Å². The highest BCUT2D eigenvalue weighted by molar-refractivity contribution is 9.10. The van der Waals surface area contributed by atoms with Crippen molar-refractivity contribution >= 4 is 44.4 Å². The van der Waals surface area contributed by atoms with Crippen molar-refractivity contribution in [2.75, 3.05) is 0 Å². The molecule has 14 heavy (non-hydrogen) atoms. The third-order valence-electron chi connectivity index (χ3n) is 1.71. The number of carboxylic acids is 1. The van der Waals surface area contributed by atoms with Gasteiger partial charge in [-0.05, 0) is 28.1 Å². The second-order valence-corrected chi connectivity index (χ2v) is 3.86.